The molecule has 3 atom stereocenters. The number of likely N-dealkylation sites (tertiary alicyclic amines) is 1. The highest BCUT2D eigenvalue weighted by molar-refractivity contribution is 7.15. The summed E-state index contributed by atoms with van der Waals surface area (Å²) in [6, 6.07) is 16.9. The molecule has 0 radical (unpaired) electrons. The summed E-state index contributed by atoms with van der Waals surface area (Å²) >= 11 is 7.71. The minimum absolute atomic E-state index is 0.0476. The van der Waals surface area contributed by atoms with E-state index in [9.17, 15) is 9.59 Å². The molecule has 8 heteroatoms. The molecule has 2 amide bonds. The lowest BCUT2D eigenvalue weighted by Crippen LogP contribution is -2.45. The average Bonchev–Trinajstić information content (AvgIpc) is 3.38. The van der Waals surface area contributed by atoms with E-state index in [0.717, 1.165) is 27.3 Å². The Morgan fingerprint density at radius 1 is 1.17 bits per heavy atom. The smallest absolute Gasteiger partial charge is 0.274 e. The third kappa shape index (κ3) is 4.09. The van der Waals surface area contributed by atoms with Crippen LogP contribution in [0.25, 0.3) is 21.3 Å². The first kappa shape index (κ1) is 22.2. The fourth-order valence-corrected chi connectivity index (χ4v) is 6.28. The molecule has 2 aromatic carbocycles. The van der Waals surface area contributed by atoms with Crippen LogP contribution in [0.3, 0.4) is 0 Å². The summed E-state index contributed by atoms with van der Waals surface area (Å²) < 4.78 is 0. The maximum absolute atomic E-state index is 13.7. The molecule has 3 heterocycles. The Hall–Kier alpha value is -3.29. The van der Waals surface area contributed by atoms with Crippen LogP contribution < -0.4 is 5.32 Å². The van der Waals surface area contributed by atoms with E-state index in [2.05, 4.69) is 15.3 Å². The van der Waals surface area contributed by atoms with Crippen molar-refractivity contribution in [1.82, 2.24) is 20.2 Å². The number of pyridine rings is 1. The molecule has 1 saturated heterocycles. The van der Waals surface area contributed by atoms with Crippen molar-refractivity contribution in [3.8, 4) is 10.4 Å². The lowest BCUT2D eigenvalue weighted by Gasteiger charge is -2.27. The number of carbonyl (C=O) groups is 2. The van der Waals surface area contributed by atoms with Crippen LogP contribution in [-0.2, 0) is 0 Å². The second-order valence-electron chi connectivity index (χ2n) is 9.20. The number of benzene rings is 2. The monoisotopic (exact) mass is 502 g/mol. The van der Waals surface area contributed by atoms with E-state index in [1.807, 2.05) is 60.4 Å². The molecule has 0 unspecified atom stereocenters. The second kappa shape index (κ2) is 8.73. The Kier molecular flexibility index (Phi) is 5.54. The van der Waals surface area contributed by atoms with Crippen molar-refractivity contribution >= 4 is 45.7 Å². The number of carbonyl (C=O) groups excluding carboxylic acids is 2. The molecule has 35 heavy (non-hydrogen) atoms. The van der Waals surface area contributed by atoms with Crippen LogP contribution in [0.15, 0.2) is 60.8 Å². The van der Waals surface area contributed by atoms with Gasteiger partial charge in [0.2, 0.25) is 0 Å². The maximum Gasteiger partial charge on any atom is 0.274 e. The van der Waals surface area contributed by atoms with Crippen molar-refractivity contribution in [2.45, 2.75) is 19.4 Å². The van der Waals surface area contributed by atoms with Crippen LogP contribution in [-0.4, -0.2) is 45.8 Å². The predicted octanol–water partition coefficient (Wildman–Crippen LogP) is 5.21. The SMILES string of the molecule is Cc1nc(C(=O)N2C[C@H]3C[C@H]3[C@H]2CNC(=O)c2cccc3cccnc23)c(-c2cccc(Cl)c2)s1. The van der Waals surface area contributed by atoms with Crippen molar-refractivity contribution in [1.29, 1.82) is 0 Å². The van der Waals surface area contributed by atoms with Crippen molar-refractivity contribution in [3.05, 3.63) is 82.1 Å². The number of rotatable bonds is 5. The van der Waals surface area contributed by atoms with Gasteiger partial charge in [-0.05, 0) is 55.0 Å². The number of aryl methyl sites for hydroxylation is 1. The van der Waals surface area contributed by atoms with Gasteiger partial charge in [0.1, 0.15) is 5.69 Å². The Morgan fingerprint density at radius 3 is 2.86 bits per heavy atom. The summed E-state index contributed by atoms with van der Waals surface area (Å²) in [6.45, 7) is 3.02. The number of hydrogen-bond donors (Lipinski definition) is 1. The molecule has 2 fully saturated rings. The number of amides is 2. The number of para-hydroxylation sites is 1. The topological polar surface area (TPSA) is 75.2 Å². The summed E-state index contributed by atoms with van der Waals surface area (Å²) in [4.78, 5) is 38.5. The lowest BCUT2D eigenvalue weighted by atomic mass is 10.1. The molecule has 6 nitrogen and oxygen atoms in total. The van der Waals surface area contributed by atoms with Gasteiger partial charge in [0.25, 0.3) is 11.8 Å². The fraction of sp³-hybridized carbons (Fsp3) is 0.259. The number of thiazole rings is 1. The molecule has 0 bridgehead atoms. The van der Waals surface area contributed by atoms with E-state index >= 15 is 0 Å². The van der Waals surface area contributed by atoms with Gasteiger partial charge in [0, 0.05) is 29.7 Å². The fourth-order valence-electron chi connectivity index (χ4n) is 5.18. The third-order valence-electron chi connectivity index (χ3n) is 6.94. The highest BCUT2D eigenvalue weighted by atomic mass is 35.5. The molecule has 176 valence electrons. The van der Waals surface area contributed by atoms with E-state index in [-0.39, 0.29) is 17.9 Å². The van der Waals surface area contributed by atoms with Crippen LogP contribution in [0.5, 0.6) is 0 Å². The minimum Gasteiger partial charge on any atom is -0.350 e. The Morgan fingerprint density at radius 2 is 2.00 bits per heavy atom. The normalized spacial score (nSPS) is 20.6. The number of halogens is 1. The van der Waals surface area contributed by atoms with E-state index in [1.165, 1.54) is 11.3 Å². The summed E-state index contributed by atoms with van der Waals surface area (Å²) in [5.74, 6) is 0.659. The highest BCUT2D eigenvalue weighted by Gasteiger charge is 2.54. The number of fused-ring (bicyclic) bond motifs is 2. The highest BCUT2D eigenvalue weighted by Crippen LogP contribution is 2.50. The first-order valence-electron chi connectivity index (χ1n) is 11.7. The number of nitrogens with one attached hydrogen (secondary N) is 1. The van der Waals surface area contributed by atoms with Gasteiger partial charge in [-0.2, -0.15) is 0 Å². The Bertz CT molecular complexity index is 1460. The zero-order valence-corrected chi connectivity index (χ0v) is 20.6. The van der Waals surface area contributed by atoms with Crippen LogP contribution >= 0.6 is 22.9 Å². The molecule has 1 N–H and O–H groups in total. The van der Waals surface area contributed by atoms with Gasteiger partial charge in [0.05, 0.1) is 27.0 Å². The predicted molar refractivity (Wildman–Crippen MR) is 138 cm³/mol. The molecular formula is C27H23ClN4O2S. The Labute approximate surface area is 212 Å². The number of nitrogens with zero attached hydrogens (tertiary/aromatic N) is 3. The number of aromatic nitrogens is 2. The maximum atomic E-state index is 13.7. The first-order chi connectivity index (χ1) is 17.0. The first-order valence-corrected chi connectivity index (χ1v) is 12.9. The number of piperidine rings is 1. The van der Waals surface area contributed by atoms with Crippen LogP contribution in [0.4, 0.5) is 0 Å². The van der Waals surface area contributed by atoms with Gasteiger partial charge in [-0.1, -0.05) is 41.9 Å². The van der Waals surface area contributed by atoms with Crippen molar-refractivity contribution in [2.75, 3.05) is 13.1 Å². The van der Waals surface area contributed by atoms with Crippen LogP contribution in [0.1, 0.15) is 32.3 Å². The van der Waals surface area contributed by atoms with Gasteiger partial charge >= 0.3 is 0 Å². The molecule has 4 aromatic rings. The standard InChI is InChI=1S/C27H23ClN4O2S/c1-15-31-24(25(35-15)17-6-2-8-19(28)11-17)27(34)32-14-18-12-21(18)22(32)13-30-26(33)20-9-3-5-16-7-4-10-29-23(16)20/h2-11,18,21-22H,12-14H2,1H3,(H,30,33)/t18-,21-,22-/m1/s1. The van der Waals surface area contributed by atoms with Crippen LogP contribution in [0, 0.1) is 18.8 Å². The molecule has 6 rings (SSSR count). The molecule has 1 aliphatic heterocycles. The largest absolute Gasteiger partial charge is 0.350 e. The van der Waals surface area contributed by atoms with E-state index < -0.39 is 0 Å². The summed E-state index contributed by atoms with van der Waals surface area (Å²) in [5, 5.41) is 5.46. The molecule has 2 aliphatic rings. The third-order valence-corrected chi connectivity index (χ3v) is 8.19. The zero-order valence-electron chi connectivity index (χ0n) is 19.1. The van der Waals surface area contributed by atoms with Crippen molar-refractivity contribution < 1.29 is 9.59 Å². The average molecular weight is 503 g/mol. The summed E-state index contributed by atoms with van der Waals surface area (Å²) in [5.41, 5.74) is 2.58. The van der Waals surface area contributed by atoms with Gasteiger partial charge in [-0.25, -0.2) is 4.98 Å². The van der Waals surface area contributed by atoms with E-state index in [1.54, 1.807) is 12.3 Å². The minimum atomic E-state index is -0.171. The summed E-state index contributed by atoms with van der Waals surface area (Å²) in [7, 11) is 0. The van der Waals surface area contributed by atoms with Gasteiger partial charge in [0.15, 0.2) is 0 Å². The molecular weight excluding hydrogens is 480 g/mol. The molecule has 1 saturated carbocycles. The van der Waals surface area contributed by atoms with Crippen molar-refractivity contribution in [3.63, 3.8) is 0 Å². The summed E-state index contributed by atoms with van der Waals surface area (Å²) in [6.07, 6.45) is 2.79. The molecule has 2 aromatic heterocycles. The van der Waals surface area contributed by atoms with Crippen LogP contribution in [0.2, 0.25) is 5.02 Å². The number of hydrogen-bond acceptors (Lipinski definition) is 5. The quantitative estimate of drug-likeness (QED) is 0.406. The van der Waals surface area contributed by atoms with E-state index in [4.69, 9.17) is 11.6 Å². The van der Waals surface area contributed by atoms with Gasteiger partial charge < -0.3 is 10.2 Å². The molecule has 1 aliphatic carbocycles. The van der Waals surface area contributed by atoms with Crippen molar-refractivity contribution in [2.24, 2.45) is 11.8 Å². The Balaban J connectivity index is 1.23. The lowest BCUT2D eigenvalue weighted by molar-refractivity contribution is 0.0690. The van der Waals surface area contributed by atoms with Gasteiger partial charge in [-0.3, -0.25) is 14.6 Å². The molecule has 0 spiro atoms. The zero-order chi connectivity index (χ0) is 24.1. The van der Waals surface area contributed by atoms with Gasteiger partial charge in [-0.15, -0.1) is 11.3 Å². The second-order valence-corrected chi connectivity index (χ2v) is 10.8. The van der Waals surface area contributed by atoms with E-state index in [0.29, 0.717) is 46.7 Å².